The summed E-state index contributed by atoms with van der Waals surface area (Å²) in [5.41, 5.74) is 2.60. The van der Waals surface area contributed by atoms with E-state index in [1.807, 2.05) is 12.1 Å². The number of amides is 1. The summed E-state index contributed by atoms with van der Waals surface area (Å²) in [6.07, 6.45) is 2.10. The predicted molar refractivity (Wildman–Crippen MR) is 129 cm³/mol. The number of carbonyl (C=O) groups excluding carboxylic acids is 1. The second-order valence-corrected chi connectivity index (χ2v) is 8.08. The third-order valence-electron chi connectivity index (χ3n) is 5.74. The zero-order valence-corrected chi connectivity index (χ0v) is 20.0. The first-order valence-electron chi connectivity index (χ1n) is 11.1. The maximum Gasteiger partial charge on any atom is 0.262 e. The molecular formula is C26H28N2O7. The number of carbonyl (C=O) groups is 1. The van der Waals surface area contributed by atoms with Gasteiger partial charge in [-0.25, -0.2) is 0 Å². The number of benzene rings is 2. The first-order valence-corrected chi connectivity index (χ1v) is 11.1. The van der Waals surface area contributed by atoms with E-state index in [1.165, 1.54) is 17.9 Å². The van der Waals surface area contributed by atoms with Crippen molar-refractivity contribution in [2.24, 2.45) is 0 Å². The molecule has 2 aromatic carbocycles. The van der Waals surface area contributed by atoms with Gasteiger partial charge in [0.1, 0.15) is 17.8 Å². The Kier molecular flexibility index (Phi) is 7.57. The molecule has 0 saturated heterocycles. The molecule has 35 heavy (non-hydrogen) atoms. The fraction of sp³-hybridized carbons (Fsp3) is 0.308. The Hall–Kier alpha value is -3.98. The summed E-state index contributed by atoms with van der Waals surface area (Å²) in [5.74, 6) is 2.13. The number of anilines is 1. The molecule has 0 saturated carbocycles. The maximum absolute atomic E-state index is 12.5. The Morgan fingerprint density at radius 1 is 1.00 bits per heavy atom. The maximum atomic E-state index is 12.5. The minimum Gasteiger partial charge on any atom is -0.497 e. The topological polar surface area (TPSA) is 99.5 Å². The highest BCUT2D eigenvalue weighted by Crippen LogP contribution is 2.33. The van der Waals surface area contributed by atoms with Crippen molar-refractivity contribution >= 4 is 11.6 Å². The molecule has 0 unspecified atom stereocenters. The minimum atomic E-state index is -0.402. The van der Waals surface area contributed by atoms with Crippen LogP contribution in [0.1, 0.15) is 16.9 Å². The van der Waals surface area contributed by atoms with Gasteiger partial charge < -0.3 is 28.7 Å². The van der Waals surface area contributed by atoms with E-state index < -0.39 is 5.91 Å². The average molecular weight is 481 g/mol. The molecule has 9 nitrogen and oxygen atoms in total. The molecule has 0 bridgehead atoms. The van der Waals surface area contributed by atoms with Gasteiger partial charge in [0, 0.05) is 30.9 Å². The number of methoxy groups -OCH3 is 3. The molecule has 184 valence electrons. The van der Waals surface area contributed by atoms with Crippen molar-refractivity contribution in [2.45, 2.75) is 19.5 Å². The third-order valence-corrected chi connectivity index (χ3v) is 5.74. The van der Waals surface area contributed by atoms with Crippen LogP contribution in [0.3, 0.4) is 0 Å². The van der Waals surface area contributed by atoms with Crippen LogP contribution >= 0.6 is 0 Å². The number of rotatable bonds is 9. The van der Waals surface area contributed by atoms with E-state index in [-0.39, 0.29) is 17.8 Å². The molecule has 0 aliphatic carbocycles. The highest BCUT2D eigenvalue weighted by molar-refractivity contribution is 5.92. The quantitative estimate of drug-likeness (QED) is 0.498. The molecule has 1 aliphatic heterocycles. The van der Waals surface area contributed by atoms with Gasteiger partial charge in [-0.05, 0) is 41.8 Å². The van der Waals surface area contributed by atoms with Gasteiger partial charge in [-0.15, -0.1) is 0 Å². The van der Waals surface area contributed by atoms with Crippen LogP contribution in [-0.4, -0.2) is 45.3 Å². The van der Waals surface area contributed by atoms with E-state index >= 15 is 0 Å². The van der Waals surface area contributed by atoms with Gasteiger partial charge in [0.05, 0.1) is 27.9 Å². The second-order valence-electron chi connectivity index (χ2n) is 8.08. The van der Waals surface area contributed by atoms with Crippen molar-refractivity contribution < 1.29 is 28.2 Å². The van der Waals surface area contributed by atoms with Gasteiger partial charge in [-0.1, -0.05) is 6.07 Å². The van der Waals surface area contributed by atoms with Crippen LogP contribution < -0.4 is 29.7 Å². The highest BCUT2D eigenvalue weighted by Gasteiger charge is 2.20. The van der Waals surface area contributed by atoms with Crippen LogP contribution in [0.15, 0.2) is 57.9 Å². The first-order chi connectivity index (χ1) is 17.0. The molecule has 1 aliphatic rings. The summed E-state index contributed by atoms with van der Waals surface area (Å²) in [7, 11) is 4.79. The molecule has 1 amide bonds. The number of nitrogens with zero attached hydrogens (tertiary/aromatic N) is 1. The van der Waals surface area contributed by atoms with Gasteiger partial charge in [-0.3, -0.25) is 14.5 Å². The van der Waals surface area contributed by atoms with Gasteiger partial charge in [0.2, 0.25) is 11.2 Å². The van der Waals surface area contributed by atoms with Crippen molar-refractivity contribution in [3.05, 3.63) is 75.8 Å². The lowest BCUT2D eigenvalue weighted by Gasteiger charge is -2.29. The third kappa shape index (κ3) is 5.93. The summed E-state index contributed by atoms with van der Waals surface area (Å²) in [6, 6.07) is 12.4. The summed E-state index contributed by atoms with van der Waals surface area (Å²) in [4.78, 5) is 26.9. The van der Waals surface area contributed by atoms with Crippen LogP contribution in [0.2, 0.25) is 0 Å². The number of hydrogen-bond donors (Lipinski definition) is 1. The monoisotopic (exact) mass is 480 g/mol. The van der Waals surface area contributed by atoms with Crippen molar-refractivity contribution in [1.82, 2.24) is 4.90 Å². The summed E-state index contributed by atoms with van der Waals surface area (Å²) >= 11 is 0. The second kappa shape index (κ2) is 11.0. The summed E-state index contributed by atoms with van der Waals surface area (Å²) in [6.45, 7) is 1.66. The molecule has 9 heteroatoms. The van der Waals surface area contributed by atoms with E-state index in [0.717, 1.165) is 24.3 Å². The zero-order chi connectivity index (χ0) is 24.8. The molecule has 0 fully saturated rings. The molecule has 0 atom stereocenters. The van der Waals surface area contributed by atoms with Crippen molar-refractivity contribution in [1.29, 1.82) is 0 Å². The normalized spacial score (nSPS) is 13.0. The SMILES string of the molecule is COc1cccc(NC(=O)COc2coc(CN3CCc4cc(OC)c(OC)cc4C3)cc2=O)c1. The Morgan fingerprint density at radius 3 is 2.49 bits per heavy atom. The van der Waals surface area contributed by atoms with Crippen LogP contribution in [0.4, 0.5) is 5.69 Å². The van der Waals surface area contributed by atoms with Gasteiger partial charge in [-0.2, -0.15) is 0 Å². The molecule has 0 spiro atoms. The van der Waals surface area contributed by atoms with Crippen LogP contribution in [0, 0.1) is 0 Å². The Morgan fingerprint density at radius 2 is 1.77 bits per heavy atom. The summed E-state index contributed by atoms with van der Waals surface area (Å²) < 4.78 is 27.0. The molecule has 3 aromatic rings. The number of fused-ring (bicyclic) bond motifs is 1. The fourth-order valence-corrected chi connectivity index (χ4v) is 3.96. The lowest BCUT2D eigenvalue weighted by Crippen LogP contribution is -2.30. The smallest absolute Gasteiger partial charge is 0.262 e. The first kappa shape index (κ1) is 24.2. The summed E-state index contributed by atoms with van der Waals surface area (Å²) in [5, 5.41) is 2.70. The van der Waals surface area contributed by atoms with Crippen molar-refractivity contribution in [2.75, 3.05) is 39.8 Å². The molecular weight excluding hydrogens is 452 g/mol. The van der Waals surface area contributed by atoms with Gasteiger partial charge in [0.15, 0.2) is 18.1 Å². The van der Waals surface area contributed by atoms with Gasteiger partial charge >= 0.3 is 0 Å². The minimum absolute atomic E-state index is 0.0182. The van der Waals surface area contributed by atoms with E-state index in [0.29, 0.717) is 36.0 Å². The molecule has 2 heterocycles. The molecule has 4 rings (SSSR count). The molecule has 1 N–H and O–H groups in total. The number of nitrogens with one attached hydrogen (secondary N) is 1. The van der Waals surface area contributed by atoms with Crippen molar-refractivity contribution in [3.63, 3.8) is 0 Å². The van der Waals surface area contributed by atoms with E-state index in [1.54, 1.807) is 45.6 Å². The lowest BCUT2D eigenvalue weighted by atomic mass is 9.98. The fourth-order valence-electron chi connectivity index (χ4n) is 3.96. The van der Waals surface area contributed by atoms with Crippen molar-refractivity contribution in [3.8, 4) is 23.0 Å². The molecule has 0 radical (unpaired) electrons. The predicted octanol–water partition coefficient (Wildman–Crippen LogP) is 3.24. The number of ether oxygens (including phenoxy) is 4. The number of hydrogen-bond acceptors (Lipinski definition) is 8. The van der Waals surface area contributed by atoms with Crippen LogP contribution in [0.25, 0.3) is 0 Å². The average Bonchev–Trinajstić information content (AvgIpc) is 2.87. The van der Waals surface area contributed by atoms with E-state index in [2.05, 4.69) is 10.2 Å². The Labute approximate surface area is 203 Å². The zero-order valence-electron chi connectivity index (χ0n) is 20.0. The molecule has 1 aromatic heterocycles. The Balaban J connectivity index is 1.34. The van der Waals surface area contributed by atoms with Gasteiger partial charge in [0.25, 0.3) is 5.91 Å². The highest BCUT2D eigenvalue weighted by atomic mass is 16.5. The largest absolute Gasteiger partial charge is 0.497 e. The standard InChI is InChI=1S/C26H28N2O7/c1-31-20-6-4-5-19(11-20)27-26(30)16-35-25-15-34-21(12-22(25)29)14-28-8-7-17-9-23(32-2)24(33-3)10-18(17)13-28/h4-6,9-12,15H,7-8,13-14,16H2,1-3H3,(H,27,30). The van der Waals surface area contributed by atoms with E-state index in [4.69, 9.17) is 23.4 Å². The Bertz CT molecular complexity index is 1250. The lowest BCUT2D eigenvalue weighted by molar-refractivity contribution is -0.118. The van der Waals surface area contributed by atoms with Crippen LogP contribution in [0.5, 0.6) is 23.0 Å². The van der Waals surface area contributed by atoms with E-state index in [9.17, 15) is 9.59 Å². The van der Waals surface area contributed by atoms with Crippen LogP contribution in [-0.2, 0) is 24.3 Å².